The minimum Gasteiger partial charge on any atom is -0.483 e. The first-order valence-electron chi connectivity index (χ1n) is 10.9. The molecule has 3 aromatic rings. The summed E-state index contributed by atoms with van der Waals surface area (Å²) in [6, 6.07) is 10.6. The van der Waals surface area contributed by atoms with E-state index in [4.69, 9.17) is 21.5 Å². The summed E-state index contributed by atoms with van der Waals surface area (Å²) in [5.74, 6) is -0.984. The van der Waals surface area contributed by atoms with E-state index < -0.39 is 27.8 Å². The minimum absolute atomic E-state index is 0.104. The minimum atomic E-state index is -3.92. The van der Waals surface area contributed by atoms with Gasteiger partial charge in [-0.15, -0.1) is 11.3 Å². The van der Waals surface area contributed by atoms with E-state index in [9.17, 15) is 17.6 Å². The number of carboxylic acid groups (broad SMARTS) is 1. The Morgan fingerprint density at radius 1 is 1.22 bits per heavy atom. The summed E-state index contributed by atoms with van der Waals surface area (Å²) in [4.78, 5) is 24.6. The topological polar surface area (TPSA) is 107 Å². The second-order valence-corrected chi connectivity index (χ2v) is 12.4. The van der Waals surface area contributed by atoms with Crippen molar-refractivity contribution in [1.29, 1.82) is 0 Å². The van der Waals surface area contributed by atoms with Gasteiger partial charge >= 0.3 is 0 Å². The van der Waals surface area contributed by atoms with Crippen LogP contribution in [0.1, 0.15) is 25.8 Å². The molecule has 194 valence electrons. The van der Waals surface area contributed by atoms with Crippen molar-refractivity contribution in [3.63, 3.8) is 0 Å². The standard InChI is InChI=1S/C23H25ClFN3O3S2.CH2O2/c1-23(2,27(3)4)15-6-8-19(17(25)12-15)28-10-9-18(22(28)29)26-33(30,31)21-11-14-5-7-16(24)13-20(14)32-21;2-1-3/h5-8,11-13,18,26H,9-10H2,1-4H3;1H,(H,2,3). The molecule has 0 spiro atoms. The van der Waals surface area contributed by atoms with Gasteiger partial charge in [0.2, 0.25) is 5.91 Å². The molecule has 1 fully saturated rings. The van der Waals surface area contributed by atoms with Gasteiger partial charge in [0.25, 0.3) is 16.5 Å². The van der Waals surface area contributed by atoms with Gasteiger partial charge in [-0.05, 0) is 75.6 Å². The molecule has 0 saturated carbocycles. The lowest BCUT2D eigenvalue weighted by Gasteiger charge is -2.33. The third-order valence-electron chi connectivity index (χ3n) is 6.29. The number of amides is 1. The molecule has 36 heavy (non-hydrogen) atoms. The quantitative estimate of drug-likeness (QED) is 0.440. The fourth-order valence-electron chi connectivity index (χ4n) is 3.75. The van der Waals surface area contributed by atoms with Crippen LogP contribution in [0, 0.1) is 5.82 Å². The Hall–Kier alpha value is -2.57. The van der Waals surface area contributed by atoms with Crippen LogP contribution in [0.5, 0.6) is 0 Å². The first-order valence-corrected chi connectivity index (χ1v) is 13.6. The van der Waals surface area contributed by atoms with Crippen LogP contribution in [0.25, 0.3) is 10.1 Å². The molecule has 1 aromatic heterocycles. The molecule has 4 rings (SSSR count). The van der Waals surface area contributed by atoms with Crippen LogP contribution in [0.3, 0.4) is 0 Å². The molecule has 0 aliphatic carbocycles. The number of hydrogen-bond donors (Lipinski definition) is 2. The number of nitrogens with one attached hydrogen (secondary N) is 1. The van der Waals surface area contributed by atoms with Crippen molar-refractivity contribution in [2.45, 2.75) is 36.1 Å². The molecule has 0 radical (unpaired) electrons. The summed E-state index contributed by atoms with van der Waals surface area (Å²) < 4.78 is 44.2. The Bertz CT molecular complexity index is 1390. The Morgan fingerprint density at radius 3 is 2.50 bits per heavy atom. The molecule has 8 nitrogen and oxygen atoms in total. The van der Waals surface area contributed by atoms with Crippen molar-refractivity contribution >= 4 is 61.1 Å². The largest absolute Gasteiger partial charge is 0.483 e. The molecule has 1 aliphatic rings. The van der Waals surface area contributed by atoms with Crippen molar-refractivity contribution in [1.82, 2.24) is 9.62 Å². The summed E-state index contributed by atoms with van der Waals surface area (Å²) in [6.45, 7) is 3.94. The van der Waals surface area contributed by atoms with Crippen LogP contribution in [-0.4, -0.2) is 57.5 Å². The van der Waals surface area contributed by atoms with Crippen LogP contribution in [0.4, 0.5) is 10.1 Å². The van der Waals surface area contributed by atoms with Crippen LogP contribution in [0.2, 0.25) is 5.02 Å². The molecule has 2 heterocycles. The maximum absolute atomic E-state index is 15.0. The van der Waals surface area contributed by atoms with E-state index in [1.807, 2.05) is 32.8 Å². The second kappa shape index (κ2) is 10.8. The number of anilines is 1. The third kappa shape index (κ3) is 5.70. The van der Waals surface area contributed by atoms with Crippen molar-refractivity contribution in [3.8, 4) is 0 Å². The van der Waals surface area contributed by atoms with Gasteiger partial charge in [-0.25, -0.2) is 12.8 Å². The van der Waals surface area contributed by atoms with E-state index in [-0.39, 0.29) is 34.9 Å². The lowest BCUT2D eigenvalue weighted by Crippen LogP contribution is -2.41. The van der Waals surface area contributed by atoms with E-state index in [0.717, 1.165) is 27.0 Å². The summed E-state index contributed by atoms with van der Waals surface area (Å²) in [5.41, 5.74) is 0.542. The molecule has 1 aliphatic heterocycles. The SMILES string of the molecule is CN(C)C(C)(C)c1ccc(N2CCC(NS(=O)(=O)c3cc4ccc(Cl)cc4s3)C2=O)c(F)c1.O=CO. The van der Waals surface area contributed by atoms with E-state index in [0.29, 0.717) is 5.02 Å². The molecule has 12 heteroatoms. The Kier molecular flexibility index (Phi) is 8.41. The monoisotopic (exact) mass is 555 g/mol. The zero-order chi connectivity index (χ0) is 26.8. The van der Waals surface area contributed by atoms with E-state index in [2.05, 4.69) is 4.72 Å². The first kappa shape index (κ1) is 28.0. The van der Waals surface area contributed by atoms with Crippen LogP contribution >= 0.6 is 22.9 Å². The summed E-state index contributed by atoms with van der Waals surface area (Å²) in [6.07, 6.45) is 0.249. The molecule has 2 N–H and O–H groups in total. The zero-order valence-corrected chi connectivity index (χ0v) is 22.5. The zero-order valence-electron chi connectivity index (χ0n) is 20.2. The normalized spacial score (nSPS) is 16.4. The predicted octanol–water partition coefficient (Wildman–Crippen LogP) is 4.28. The lowest BCUT2D eigenvalue weighted by molar-refractivity contribution is -0.123. The number of nitrogens with zero attached hydrogens (tertiary/aromatic N) is 2. The first-order chi connectivity index (χ1) is 16.8. The number of carbonyl (C=O) groups is 2. The van der Waals surface area contributed by atoms with Crippen molar-refractivity contribution in [2.24, 2.45) is 0 Å². The fourth-order valence-corrected chi connectivity index (χ4v) is 6.67. The summed E-state index contributed by atoms with van der Waals surface area (Å²) in [7, 11) is -0.0952. The number of halogens is 2. The summed E-state index contributed by atoms with van der Waals surface area (Å²) >= 11 is 7.08. The molecule has 2 aromatic carbocycles. The van der Waals surface area contributed by atoms with Gasteiger partial charge in [0, 0.05) is 21.8 Å². The summed E-state index contributed by atoms with van der Waals surface area (Å²) in [5, 5.41) is 8.16. The van der Waals surface area contributed by atoms with Crippen molar-refractivity contribution in [3.05, 3.63) is 58.9 Å². The Labute approximate surface area is 218 Å². The molecule has 0 bridgehead atoms. The number of fused-ring (bicyclic) bond motifs is 1. The average Bonchev–Trinajstić information content (AvgIpc) is 3.38. The molecule has 1 atom stereocenters. The lowest BCUT2D eigenvalue weighted by atomic mass is 9.92. The highest BCUT2D eigenvalue weighted by molar-refractivity contribution is 7.91. The van der Waals surface area contributed by atoms with E-state index in [1.54, 1.807) is 36.4 Å². The number of rotatable bonds is 6. The fraction of sp³-hybridized carbons (Fsp3) is 0.333. The molecule has 1 saturated heterocycles. The average molecular weight is 556 g/mol. The molecular weight excluding hydrogens is 529 g/mol. The predicted molar refractivity (Wildman–Crippen MR) is 140 cm³/mol. The van der Waals surface area contributed by atoms with Crippen molar-refractivity contribution < 1.29 is 27.5 Å². The van der Waals surface area contributed by atoms with Crippen LogP contribution in [-0.2, 0) is 25.2 Å². The van der Waals surface area contributed by atoms with Gasteiger partial charge < -0.3 is 14.9 Å². The van der Waals surface area contributed by atoms with Gasteiger partial charge in [0.15, 0.2) is 0 Å². The number of carbonyl (C=O) groups excluding carboxylic acids is 1. The molecule has 1 amide bonds. The molecule has 1 unspecified atom stereocenters. The highest BCUT2D eigenvalue weighted by Crippen LogP contribution is 2.33. The Balaban J connectivity index is 0.00000115. The number of sulfonamides is 1. The maximum Gasteiger partial charge on any atom is 0.290 e. The van der Waals surface area contributed by atoms with E-state index >= 15 is 0 Å². The van der Waals surface area contributed by atoms with Gasteiger partial charge in [0.05, 0.1) is 5.69 Å². The maximum atomic E-state index is 15.0. The highest BCUT2D eigenvalue weighted by atomic mass is 35.5. The van der Waals surface area contributed by atoms with Crippen LogP contribution < -0.4 is 9.62 Å². The second-order valence-electron chi connectivity index (χ2n) is 8.93. The van der Waals surface area contributed by atoms with Gasteiger partial charge in [-0.2, -0.15) is 4.72 Å². The number of thiophene rings is 1. The Morgan fingerprint density at radius 2 is 1.89 bits per heavy atom. The van der Waals surface area contributed by atoms with Gasteiger partial charge in [-0.1, -0.05) is 23.7 Å². The number of benzene rings is 2. The van der Waals surface area contributed by atoms with Crippen LogP contribution in [0.15, 0.2) is 46.7 Å². The van der Waals surface area contributed by atoms with Gasteiger partial charge in [0.1, 0.15) is 16.1 Å². The number of hydrogen-bond acceptors (Lipinski definition) is 6. The van der Waals surface area contributed by atoms with Crippen molar-refractivity contribution in [2.75, 3.05) is 25.5 Å². The highest BCUT2D eigenvalue weighted by Gasteiger charge is 2.37. The smallest absolute Gasteiger partial charge is 0.290 e. The molecular formula is C24H27ClFN3O5S2. The van der Waals surface area contributed by atoms with Gasteiger partial charge in [-0.3, -0.25) is 9.59 Å². The third-order valence-corrected chi connectivity index (χ3v) is 9.57. The van der Waals surface area contributed by atoms with E-state index in [1.165, 1.54) is 11.0 Å².